The number of rotatable bonds is 3. The molecule has 0 radical (unpaired) electrons. The number of hydrogen-bond acceptors (Lipinski definition) is 6. The summed E-state index contributed by atoms with van der Waals surface area (Å²) in [5.41, 5.74) is 2.38. The highest BCUT2D eigenvalue weighted by Crippen LogP contribution is 2.32. The summed E-state index contributed by atoms with van der Waals surface area (Å²) >= 11 is 1.10. The van der Waals surface area contributed by atoms with Gasteiger partial charge in [-0.15, -0.1) is 0 Å². The summed E-state index contributed by atoms with van der Waals surface area (Å²) in [7, 11) is -2.01. The Morgan fingerprint density at radius 2 is 2.24 bits per heavy atom. The zero-order valence-corrected chi connectivity index (χ0v) is 13.1. The number of hydrogen-bond donors (Lipinski definition) is 1. The van der Waals surface area contributed by atoms with Gasteiger partial charge in [0.2, 0.25) is 10.0 Å². The van der Waals surface area contributed by atoms with E-state index in [-0.39, 0.29) is 4.21 Å². The van der Waals surface area contributed by atoms with Gasteiger partial charge in [-0.1, -0.05) is 23.5 Å². The highest BCUT2D eigenvalue weighted by molar-refractivity contribution is 7.91. The minimum absolute atomic E-state index is 0.0916. The molecule has 2 heterocycles. The third kappa shape index (κ3) is 2.74. The smallest absolute Gasteiger partial charge is 0.249 e. The number of aromatic nitrogens is 1. The van der Waals surface area contributed by atoms with Crippen LogP contribution in [0.5, 0.6) is 5.75 Å². The highest BCUT2D eigenvalue weighted by atomic mass is 32.2. The van der Waals surface area contributed by atoms with Crippen molar-refractivity contribution in [1.29, 1.82) is 0 Å². The minimum Gasteiger partial charge on any atom is -0.496 e. The number of primary sulfonamides is 1. The van der Waals surface area contributed by atoms with E-state index in [0.717, 1.165) is 30.1 Å². The molecule has 1 aromatic heterocycles. The zero-order chi connectivity index (χ0) is 15.0. The van der Waals surface area contributed by atoms with Crippen LogP contribution in [0.4, 0.5) is 5.13 Å². The maximum absolute atomic E-state index is 11.3. The van der Waals surface area contributed by atoms with Crippen molar-refractivity contribution in [3.8, 4) is 5.75 Å². The summed E-state index contributed by atoms with van der Waals surface area (Å²) in [5, 5.41) is 5.80. The first-order valence-electron chi connectivity index (χ1n) is 6.37. The fourth-order valence-corrected chi connectivity index (χ4v) is 4.02. The minimum atomic E-state index is -3.68. The number of sulfonamides is 1. The van der Waals surface area contributed by atoms with Gasteiger partial charge in [0.05, 0.1) is 13.3 Å². The molecule has 0 saturated carbocycles. The van der Waals surface area contributed by atoms with Gasteiger partial charge in [0.1, 0.15) is 5.75 Å². The van der Waals surface area contributed by atoms with Gasteiger partial charge in [-0.25, -0.2) is 18.5 Å². The molecule has 0 bridgehead atoms. The van der Waals surface area contributed by atoms with Crippen molar-refractivity contribution in [2.45, 2.75) is 17.2 Å². The molecular weight excluding hydrogens is 310 g/mol. The molecular formula is C13H15N3O3S2. The number of nitrogens with two attached hydrogens (primary N) is 1. The molecule has 0 atom stereocenters. The second-order valence-electron chi connectivity index (χ2n) is 4.78. The Kier molecular flexibility index (Phi) is 3.60. The molecule has 0 unspecified atom stereocenters. The summed E-state index contributed by atoms with van der Waals surface area (Å²) in [6, 6.07) is 5.97. The number of benzene rings is 1. The molecule has 0 amide bonds. The van der Waals surface area contributed by atoms with Crippen molar-refractivity contribution in [3.05, 3.63) is 35.5 Å². The second-order valence-corrected chi connectivity index (χ2v) is 7.57. The number of anilines is 1. The Morgan fingerprint density at radius 1 is 1.43 bits per heavy atom. The van der Waals surface area contributed by atoms with Crippen LogP contribution in [0.2, 0.25) is 0 Å². The van der Waals surface area contributed by atoms with E-state index in [9.17, 15) is 8.42 Å². The maximum Gasteiger partial charge on any atom is 0.249 e. The first-order valence-corrected chi connectivity index (χ1v) is 8.73. The van der Waals surface area contributed by atoms with E-state index < -0.39 is 10.0 Å². The van der Waals surface area contributed by atoms with Crippen LogP contribution in [0, 0.1) is 0 Å². The van der Waals surface area contributed by atoms with Gasteiger partial charge in [0, 0.05) is 18.7 Å². The maximum atomic E-state index is 11.3. The van der Waals surface area contributed by atoms with Crippen molar-refractivity contribution in [3.63, 3.8) is 0 Å². The number of methoxy groups -OCH3 is 1. The molecule has 1 aliphatic rings. The Morgan fingerprint density at radius 3 is 2.90 bits per heavy atom. The Labute approximate surface area is 127 Å². The van der Waals surface area contributed by atoms with Crippen LogP contribution in [0.25, 0.3) is 0 Å². The zero-order valence-electron chi connectivity index (χ0n) is 11.4. The standard InChI is InChI=1S/C13H15N3O3S2/c1-19-11-4-2-3-9-8-16(6-5-10(9)11)13-15-7-12(20-13)21(14,17)18/h2-4,7H,5-6,8H2,1H3,(H2,14,17,18). The number of ether oxygens (including phenoxy) is 1. The van der Waals surface area contributed by atoms with Crippen molar-refractivity contribution in [2.75, 3.05) is 18.6 Å². The van der Waals surface area contributed by atoms with Crippen LogP contribution in [0.15, 0.2) is 28.6 Å². The molecule has 112 valence electrons. The van der Waals surface area contributed by atoms with Crippen LogP contribution in [0.3, 0.4) is 0 Å². The van der Waals surface area contributed by atoms with Crippen LogP contribution < -0.4 is 14.8 Å². The van der Waals surface area contributed by atoms with Gasteiger partial charge in [-0.05, 0) is 18.1 Å². The SMILES string of the molecule is COc1cccc2c1CCN(c1ncc(S(N)(=O)=O)s1)C2. The van der Waals surface area contributed by atoms with E-state index in [4.69, 9.17) is 9.88 Å². The molecule has 6 nitrogen and oxygen atoms in total. The largest absolute Gasteiger partial charge is 0.496 e. The molecule has 0 fully saturated rings. The van der Waals surface area contributed by atoms with Crippen molar-refractivity contribution < 1.29 is 13.2 Å². The van der Waals surface area contributed by atoms with Crippen molar-refractivity contribution in [1.82, 2.24) is 4.98 Å². The average Bonchev–Trinajstić information content (AvgIpc) is 2.96. The molecule has 2 N–H and O–H groups in total. The van der Waals surface area contributed by atoms with Gasteiger partial charge in [0.25, 0.3) is 0 Å². The fourth-order valence-electron chi connectivity index (χ4n) is 2.46. The van der Waals surface area contributed by atoms with Gasteiger partial charge in [0.15, 0.2) is 9.34 Å². The van der Waals surface area contributed by atoms with Crippen LogP contribution in [0.1, 0.15) is 11.1 Å². The molecule has 3 rings (SSSR count). The number of nitrogens with zero attached hydrogens (tertiary/aromatic N) is 2. The molecule has 21 heavy (non-hydrogen) atoms. The molecule has 1 aliphatic heterocycles. The van der Waals surface area contributed by atoms with Crippen molar-refractivity contribution in [2.24, 2.45) is 5.14 Å². The first kappa shape index (κ1) is 14.3. The Balaban J connectivity index is 1.88. The predicted octanol–water partition coefficient (Wildman–Crippen LogP) is 1.36. The van der Waals surface area contributed by atoms with Gasteiger partial charge >= 0.3 is 0 Å². The van der Waals surface area contributed by atoms with Crippen molar-refractivity contribution >= 4 is 26.5 Å². The topological polar surface area (TPSA) is 85.5 Å². The summed E-state index contributed by atoms with van der Waals surface area (Å²) in [4.78, 5) is 6.23. The molecule has 1 aromatic carbocycles. The quantitative estimate of drug-likeness (QED) is 0.921. The average molecular weight is 325 g/mol. The fraction of sp³-hybridized carbons (Fsp3) is 0.308. The first-order chi connectivity index (χ1) is 9.99. The third-order valence-electron chi connectivity index (χ3n) is 3.47. The van der Waals surface area contributed by atoms with E-state index in [2.05, 4.69) is 16.0 Å². The van der Waals surface area contributed by atoms with E-state index in [1.165, 1.54) is 17.3 Å². The third-order valence-corrected chi connectivity index (χ3v) is 5.93. The second kappa shape index (κ2) is 5.28. The van der Waals surface area contributed by atoms with Crippen LogP contribution in [-0.4, -0.2) is 27.1 Å². The predicted molar refractivity (Wildman–Crippen MR) is 81.2 cm³/mol. The van der Waals surface area contributed by atoms with E-state index in [0.29, 0.717) is 11.7 Å². The van der Waals surface area contributed by atoms with Gasteiger partial charge in [-0.3, -0.25) is 0 Å². The summed E-state index contributed by atoms with van der Waals surface area (Å²) in [5.74, 6) is 0.900. The lowest BCUT2D eigenvalue weighted by Gasteiger charge is -2.29. The normalized spacial score (nSPS) is 14.9. The highest BCUT2D eigenvalue weighted by Gasteiger charge is 2.22. The lowest BCUT2D eigenvalue weighted by Crippen LogP contribution is -2.30. The molecule has 0 saturated heterocycles. The Hall–Kier alpha value is -1.64. The summed E-state index contributed by atoms with van der Waals surface area (Å²) in [6.45, 7) is 1.45. The monoisotopic (exact) mass is 325 g/mol. The molecule has 8 heteroatoms. The van der Waals surface area contributed by atoms with Crippen LogP contribution >= 0.6 is 11.3 Å². The van der Waals surface area contributed by atoms with E-state index in [1.807, 2.05) is 12.1 Å². The Bertz CT molecular complexity index is 771. The van der Waals surface area contributed by atoms with Crippen LogP contribution in [-0.2, 0) is 23.0 Å². The number of fused-ring (bicyclic) bond motifs is 1. The lowest BCUT2D eigenvalue weighted by molar-refractivity contribution is 0.407. The van der Waals surface area contributed by atoms with Gasteiger partial charge in [-0.2, -0.15) is 0 Å². The van der Waals surface area contributed by atoms with E-state index >= 15 is 0 Å². The molecule has 0 aliphatic carbocycles. The summed E-state index contributed by atoms with van der Waals surface area (Å²) < 4.78 is 28.1. The molecule has 0 spiro atoms. The number of thiazole rings is 1. The summed E-state index contributed by atoms with van der Waals surface area (Å²) in [6.07, 6.45) is 2.15. The van der Waals surface area contributed by atoms with E-state index in [1.54, 1.807) is 7.11 Å². The molecule has 2 aromatic rings. The lowest BCUT2D eigenvalue weighted by atomic mass is 9.99. The van der Waals surface area contributed by atoms with Gasteiger partial charge < -0.3 is 9.64 Å².